The zero-order valence-electron chi connectivity index (χ0n) is 10.7. The molecule has 104 valence electrons. The highest BCUT2D eigenvalue weighted by atomic mass is 19.1. The standard InChI is InChI=1S/C14H18FNO3/c15-10-3-4-11(12(18)7-10)13(19)16-8-14(9-17)5-1-2-6-14/h3-4,7,17-18H,1-2,5-6,8-9H2,(H,16,19). The summed E-state index contributed by atoms with van der Waals surface area (Å²) in [7, 11) is 0. The van der Waals surface area contributed by atoms with Crippen LogP contribution in [0.4, 0.5) is 4.39 Å². The van der Waals surface area contributed by atoms with Crippen molar-refractivity contribution < 1.29 is 19.4 Å². The van der Waals surface area contributed by atoms with Crippen molar-refractivity contribution in [2.24, 2.45) is 5.41 Å². The molecule has 0 heterocycles. The van der Waals surface area contributed by atoms with Crippen LogP contribution >= 0.6 is 0 Å². The summed E-state index contributed by atoms with van der Waals surface area (Å²) < 4.78 is 12.8. The summed E-state index contributed by atoms with van der Waals surface area (Å²) in [6, 6.07) is 3.29. The number of phenolic OH excluding ortho intramolecular Hbond substituents is 1. The highest BCUT2D eigenvalue weighted by molar-refractivity contribution is 5.96. The van der Waals surface area contributed by atoms with Gasteiger partial charge in [0.2, 0.25) is 0 Å². The van der Waals surface area contributed by atoms with Crippen molar-refractivity contribution in [3.8, 4) is 5.75 Å². The molecule has 2 rings (SSSR count). The van der Waals surface area contributed by atoms with E-state index in [0.717, 1.165) is 37.8 Å². The summed E-state index contributed by atoms with van der Waals surface area (Å²) >= 11 is 0. The summed E-state index contributed by atoms with van der Waals surface area (Å²) in [5.41, 5.74) is -0.196. The summed E-state index contributed by atoms with van der Waals surface area (Å²) in [5.74, 6) is -1.41. The smallest absolute Gasteiger partial charge is 0.255 e. The van der Waals surface area contributed by atoms with Crippen molar-refractivity contribution >= 4 is 5.91 Å². The Balaban J connectivity index is 2.01. The van der Waals surface area contributed by atoms with Gasteiger partial charge >= 0.3 is 0 Å². The number of nitrogens with one attached hydrogen (secondary N) is 1. The molecule has 0 atom stereocenters. The predicted octanol–water partition coefficient (Wildman–Crippen LogP) is 1.81. The van der Waals surface area contributed by atoms with Crippen molar-refractivity contribution in [3.05, 3.63) is 29.6 Å². The third-order valence-electron chi connectivity index (χ3n) is 3.83. The van der Waals surface area contributed by atoms with E-state index in [0.29, 0.717) is 6.54 Å². The highest BCUT2D eigenvalue weighted by Crippen LogP contribution is 2.37. The van der Waals surface area contributed by atoms with Crippen LogP contribution in [0.5, 0.6) is 5.75 Å². The maximum atomic E-state index is 12.8. The maximum Gasteiger partial charge on any atom is 0.255 e. The summed E-state index contributed by atoms with van der Waals surface area (Å²) in [4.78, 5) is 11.9. The van der Waals surface area contributed by atoms with Crippen LogP contribution in [0.1, 0.15) is 36.0 Å². The first-order valence-corrected chi connectivity index (χ1v) is 6.44. The number of hydrogen-bond donors (Lipinski definition) is 3. The van der Waals surface area contributed by atoms with Gasteiger partial charge in [-0.2, -0.15) is 0 Å². The van der Waals surface area contributed by atoms with Gasteiger partial charge in [-0.3, -0.25) is 4.79 Å². The molecular formula is C14H18FNO3. The molecule has 0 radical (unpaired) electrons. The minimum absolute atomic E-state index is 0.0443. The lowest BCUT2D eigenvalue weighted by atomic mass is 9.87. The van der Waals surface area contributed by atoms with Crippen LogP contribution in [-0.2, 0) is 0 Å². The number of aromatic hydroxyl groups is 1. The quantitative estimate of drug-likeness (QED) is 0.779. The van der Waals surface area contributed by atoms with E-state index in [-0.39, 0.29) is 23.3 Å². The van der Waals surface area contributed by atoms with Crippen molar-refractivity contribution in [2.75, 3.05) is 13.2 Å². The second-order valence-corrected chi connectivity index (χ2v) is 5.21. The van der Waals surface area contributed by atoms with Crippen molar-refractivity contribution in [1.82, 2.24) is 5.32 Å². The van der Waals surface area contributed by atoms with Crippen LogP contribution in [0, 0.1) is 11.2 Å². The number of carbonyl (C=O) groups excluding carboxylic acids is 1. The molecule has 3 N–H and O–H groups in total. The minimum atomic E-state index is -0.586. The van der Waals surface area contributed by atoms with Crippen molar-refractivity contribution in [3.63, 3.8) is 0 Å². The van der Waals surface area contributed by atoms with Crippen LogP contribution in [0.3, 0.4) is 0 Å². The first kappa shape index (κ1) is 13.8. The summed E-state index contributed by atoms with van der Waals surface area (Å²) in [5, 5.41) is 21.7. The number of rotatable bonds is 4. The Morgan fingerprint density at radius 1 is 1.37 bits per heavy atom. The van der Waals surface area contributed by atoms with E-state index in [1.165, 1.54) is 6.07 Å². The molecule has 1 saturated carbocycles. The zero-order chi connectivity index (χ0) is 13.9. The van der Waals surface area contributed by atoms with Crippen LogP contribution in [0.2, 0.25) is 0 Å². The molecule has 1 aliphatic rings. The van der Waals surface area contributed by atoms with E-state index in [1.807, 2.05) is 0 Å². The molecule has 0 aliphatic heterocycles. The predicted molar refractivity (Wildman–Crippen MR) is 68.4 cm³/mol. The number of aliphatic hydroxyl groups excluding tert-OH is 1. The van der Waals surface area contributed by atoms with Gasteiger partial charge in [0.05, 0.1) is 12.2 Å². The number of hydrogen-bond acceptors (Lipinski definition) is 3. The number of phenols is 1. The molecule has 4 nitrogen and oxygen atoms in total. The average molecular weight is 267 g/mol. The molecule has 1 aromatic rings. The third kappa shape index (κ3) is 3.04. The van der Waals surface area contributed by atoms with E-state index in [1.54, 1.807) is 0 Å². The highest BCUT2D eigenvalue weighted by Gasteiger charge is 2.33. The molecule has 0 aromatic heterocycles. The van der Waals surface area contributed by atoms with E-state index in [4.69, 9.17) is 0 Å². The largest absolute Gasteiger partial charge is 0.507 e. The Morgan fingerprint density at radius 2 is 2.05 bits per heavy atom. The Bertz CT molecular complexity index is 470. The molecule has 1 amide bonds. The normalized spacial score (nSPS) is 17.4. The van der Waals surface area contributed by atoms with Gasteiger partial charge in [0.1, 0.15) is 11.6 Å². The summed E-state index contributed by atoms with van der Waals surface area (Å²) in [6.45, 7) is 0.418. The fraction of sp³-hybridized carbons (Fsp3) is 0.500. The minimum Gasteiger partial charge on any atom is -0.507 e. The fourth-order valence-corrected chi connectivity index (χ4v) is 2.58. The molecule has 1 fully saturated rings. The van der Waals surface area contributed by atoms with Crippen molar-refractivity contribution in [1.29, 1.82) is 0 Å². The van der Waals surface area contributed by atoms with Gasteiger partial charge in [0.25, 0.3) is 5.91 Å². The molecule has 0 bridgehead atoms. The lowest BCUT2D eigenvalue weighted by molar-refractivity contribution is 0.0878. The van der Waals surface area contributed by atoms with Gasteiger partial charge in [-0.05, 0) is 25.0 Å². The van der Waals surface area contributed by atoms with Gasteiger partial charge in [0, 0.05) is 18.0 Å². The monoisotopic (exact) mass is 267 g/mol. The van der Waals surface area contributed by atoms with E-state index in [9.17, 15) is 19.4 Å². The maximum absolute atomic E-state index is 12.8. The molecule has 1 aromatic carbocycles. The number of amides is 1. The fourth-order valence-electron chi connectivity index (χ4n) is 2.58. The second kappa shape index (κ2) is 5.57. The van der Waals surface area contributed by atoms with Gasteiger partial charge < -0.3 is 15.5 Å². The topological polar surface area (TPSA) is 69.6 Å². The van der Waals surface area contributed by atoms with E-state index >= 15 is 0 Å². The molecule has 0 unspecified atom stereocenters. The molecule has 19 heavy (non-hydrogen) atoms. The first-order chi connectivity index (χ1) is 9.06. The SMILES string of the molecule is O=C(NCC1(CO)CCCC1)c1ccc(F)cc1O. The van der Waals surface area contributed by atoms with Gasteiger partial charge in [-0.1, -0.05) is 12.8 Å². The average Bonchev–Trinajstić information content (AvgIpc) is 2.85. The molecule has 1 aliphatic carbocycles. The lowest BCUT2D eigenvalue weighted by Gasteiger charge is -2.26. The summed E-state index contributed by atoms with van der Waals surface area (Å²) in [6.07, 6.45) is 3.88. The number of carbonyl (C=O) groups is 1. The number of aliphatic hydroxyl groups is 1. The zero-order valence-corrected chi connectivity index (χ0v) is 10.7. The first-order valence-electron chi connectivity index (χ1n) is 6.44. The molecule has 0 saturated heterocycles. The van der Waals surface area contributed by atoms with Crippen molar-refractivity contribution in [2.45, 2.75) is 25.7 Å². The number of benzene rings is 1. The Labute approximate surface area is 111 Å². The Morgan fingerprint density at radius 3 is 2.63 bits per heavy atom. The molecule has 5 heteroatoms. The van der Waals surface area contributed by atoms with Gasteiger partial charge in [0.15, 0.2) is 0 Å². The van der Waals surface area contributed by atoms with E-state index in [2.05, 4.69) is 5.32 Å². The van der Waals surface area contributed by atoms with Crippen LogP contribution in [0.15, 0.2) is 18.2 Å². The van der Waals surface area contributed by atoms with Gasteiger partial charge in [-0.25, -0.2) is 4.39 Å². The van der Waals surface area contributed by atoms with Gasteiger partial charge in [-0.15, -0.1) is 0 Å². The van der Waals surface area contributed by atoms with Crippen LogP contribution in [-0.4, -0.2) is 29.3 Å². The molecule has 0 spiro atoms. The second-order valence-electron chi connectivity index (χ2n) is 5.21. The van der Waals surface area contributed by atoms with E-state index < -0.39 is 11.7 Å². The van der Waals surface area contributed by atoms with Crippen LogP contribution < -0.4 is 5.32 Å². The Kier molecular flexibility index (Phi) is 4.04. The third-order valence-corrected chi connectivity index (χ3v) is 3.83. The Hall–Kier alpha value is -1.62. The molecular weight excluding hydrogens is 249 g/mol. The lowest BCUT2D eigenvalue weighted by Crippen LogP contribution is -2.38. The van der Waals surface area contributed by atoms with Crippen LogP contribution in [0.25, 0.3) is 0 Å². The number of halogens is 1.